The molecule has 5 nitrogen and oxygen atoms in total. The van der Waals surface area contributed by atoms with E-state index < -0.39 is 0 Å². The third kappa shape index (κ3) is 3.41. The Bertz CT molecular complexity index is 1020. The lowest BCUT2D eigenvalue weighted by Gasteiger charge is -2.27. The van der Waals surface area contributed by atoms with Gasteiger partial charge in [0, 0.05) is 24.7 Å². The van der Waals surface area contributed by atoms with Gasteiger partial charge in [0.15, 0.2) is 0 Å². The van der Waals surface area contributed by atoms with E-state index in [1.807, 2.05) is 10.5 Å². The van der Waals surface area contributed by atoms with E-state index in [1.54, 1.807) is 24.5 Å². The summed E-state index contributed by atoms with van der Waals surface area (Å²) in [5.74, 6) is 1.16. The minimum absolute atomic E-state index is 0.0304. The molecule has 3 heterocycles. The van der Waals surface area contributed by atoms with Crippen LogP contribution >= 0.6 is 0 Å². The molecule has 150 valence electrons. The molecule has 1 unspecified atom stereocenters. The summed E-state index contributed by atoms with van der Waals surface area (Å²) in [5, 5.41) is 0. The first-order chi connectivity index (χ1) is 14.2. The molecule has 1 amide bonds. The molecule has 1 aliphatic carbocycles. The first-order valence-electron chi connectivity index (χ1n) is 10.6. The zero-order valence-electron chi connectivity index (χ0n) is 16.4. The number of fused-ring (bicyclic) bond motifs is 1. The molecule has 0 N–H and O–H groups in total. The number of carbonyl (C=O) groups is 1. The minimum Gasteiger partial charge on any atom is -0.334 e. The second kappa shape index (κ2) is 7.58. The summed E-state index contributed by atoms with van der Waals surface area (Å²) in [6.45, 7) is 0.806. The van der Waals surface area contributed by atoms with Gasteiger partial charge >= 0.3 is 0 Å². The summed E-state index contributed by atoms with van der Waals surface area (Å²) in [7, 11) is 0. The summed E-state index contributed by atoms with van der Waals surface area (Å²) in [6.07, 6.45) is 11.0. The zero-order chi connectivity index (χ0) is 19.8. The Kier molecular flexibility index (Phi) is 4.78. The fraction of sp³-hybridized carbons (Fsp3) is 0.435. The van der Waals surface area contributed by atoms with E-state index in [0.717, 1.165) is 36.3 Å². The molecule has 2 fully saturated rings. The number of rotatable bonds is 4. The van der Waals surface area contributed by atoms with E-state index in [1.165, 1.54) is 37.8 Å². The van der Waals surface area contributed by atoms with Gasteiger partial charge in [-0.15, -0.1) is 0 Å². The number of amides is 1. The number of benzene rings is 1. The van der Waals surface area contributed by atoms with Gasteiger partial charge in [-0.2, -0.15) is 0 Å². The van der Waals surface area contributed by atoms with Crippen molar-refractivity contribution in [3.05, 3.63) is 54.2 Å². The van der Waals surface area contributed by atoms with Crippen molar-refractivity contribution in [2.75, 3.05) is 6.54 Å². The molecule has 1 aromatic carbocycles. The van der Waals surface area contributed by atoms with Crippen LogP contribution in [0.1, 0.15) is 56.7 Å². The van der Waals surface area contributed by atoms with E-state index in [2.05, 4.69) is 14.9 Å². The number of carbonyl (C=O) groups excluding carboxylic acids is 1. The van der Waals surface area contributed by atoms with Crippen LogP contribution < -0.4 is 0 Å². The van der Waals surface area contributed by atoms with E-state index in [-0.39, 0.29) is 17.8 Å². The van der Waals surface area contributed by atoms with E-state index in [9.17, 15) is 9.18 Å². The summed E-state index contributed by atoms with van der Waals surface area (Å²) in [6, 6.07) is 8.45. The van der Waals surface area contributed by atoms with Crippen molar-refractivity contribution in [2.45, 2.75) is 51.0 Å². The lowest BCUT2D eigenvalue weighted by molar-refractivity contribution is -0.133. The Morgan fingerprint density at radius 1 is 1.03 bits per heavy atom. The molecule has 0 spiro atoms. The van der Waals surface area contributed by atoms with Crippen LogP contribution in [-0.2, 0) is 4.79 Å². The smallest absolute Gasteiger partial charge is 0.234 e. The zero-order valence-corrected chi connectivity index (χ0v) is 16.4. The molecule has 3 aromatic rings. The summed E-state index contributed by atoms with van der Waals surface area (Å²) in [5.41, 5.74) is 2.79. The predicted octanol–water partition coefficient (Wildman–Crippen LogP) is 4.78. The van der Waals surface area contributed by atoms with Crippen molar-refractivity contribution in [1.29, 1.82) is 0 Å². The number of imidazole rings is 1. The molecule has 2 aromatic heterocycles. The predicted molar refractivity (Wildman–Crippen MR) is 109 cm³/mol. The van der Waals surface area contributed by atoms with Crippen LogP contribution in [0.5, 0.6) is 0 Å². The Balaban J connectivity index is 1.51. The number of hydrogen-bond donors (Lipinski definition) is 0. The first kappa shape index (κ1) is 18.3. The molecular formula is C23H25FN4O. The fourth-order valence-corrected chi connectivity index (χ4v) is 4.98. The van der Waals surface area contributed by atoms with Crippen LogP contribution in [0.15, 0.2) is 42.7 Å². The Morgan fingerprint density at radius 3 is 2.62 bits per heavy atom. The molecule has 1 aliphatic heterocycles. The molecule has 0 radical (unpaired) electrons. The van der Waals surface area contributed by atoms with Gasteiger partial charge in [0.25, 0.3) is 0 Å². The van der Waals surface area contributed by atoms with Crippen LogP contribution in [0.25, 0.3) is 17.0 Å². The largest absolute Gasteiger partial charge is 0.334 e. The maximum Gasteiger partial charge on any atom is 0.234 e. The van der Waals surface area contributed by atoms with Crippen LogP contribution in [0.3, 0.4) is 0 Å². The summed E-state index contributed by atoms with van der Waals surface area (Å²) in [4.78, 5) is 24.0. The number of hydrogen-bond acceptors (Lipinski definition) is 3. The molecule has 6 heteroatoms. The van der Waals surface area contributed by atoms with Crippen molar-refractivity contribution >= 4 is 11.7 Å². The molecular weight excluding hydrogens is 367 g/mol. The molecule has 0 bridgehead atoms. The highest BCUT2D eigenvalue weighted by atomic mass is 19.1. The third-order valence-electron chi connectivity index (χ3n) is 6.43. The Hall–Kier alpha value is -2.76. The number of nitrogens with zero attached hydrogens (tertiary/aromatic N) is 4. The summed E-state index contributed by atoms with van der Waals surface area (Å²) >= 11 is 0. The Morgan fingerprint density at radius 2 is 1.83 bits per heavy atom. The van der Waals surface area contributed by atoms with Crippen LogP contribution in [0, 0.1) is 11.7 Å². The van der Waals surface area contributed by atoms with Gasteiger partial charge in [-0.3, -0.25) is 9.20 Å². The molecule has 1 atom stereocenters. The van der Waals surface area contributed by atoms with Crippen LogP contribution in [0.2, 0.25) is 0 Å². The van der Waals surface area contributed by atoms with Gasteiger partial charge in [-0.05, 0) is 61.9 Å². The molecule has 2 aliphatic rings. The maximum atomic E-state index is 13.4. The quantitative estimate of drug-likeness (QED) is 0.642. The number of aromatic nitrogens is 3. The third-order valence-corrected chi connectivity index (χ3v) is 6.43. The fourth-order valence-electron chi connectivity index (χ4n) is 4.98. The van der Waals surface area contributed by atoms with Gasteiger partial charge in [0.05, 0.1) is 23.6 Å². The van der Waals surface area contributed by atoms with Crippen molar-refractivity contribution in [1.82, 2.24) is 19.3 Å². The van der Waals surface area contributed by atoms with Gasteiger partial charge in [-0.25, -0.2) is 14.4 Å². The van der Waals surface area contributed by atoms with E-state index >= 15 is 0 Å². The highest BCUT2D eigenvalue weighted by Crippen LogP contribution is 2.36. The van der Waals surface area contributed by atoms with Crippen molar-refractivity contribution < 1.29 is 9.18 Å². The topological polar surface area (TPSA) is 50.5 Å². The van der Waals surface area contributed by atoms with Crippen LogP contribution in [-0.4, -0.2) is 31.7 Å². The van der Waals surface area contributed by atoms with Gasteiger partial charge in [0.2, 0.25) is 11.7 Å². The minimum atomic E-state index is -0.264. The van der Waals surface area contributed by atoms with Crippen molar-refractivity contribution in [3.63, 3.8) is 0 Å². The van der Waals surface area contributed by atoms with Gasteiger partial charge < -0.3 is 4.90 Å². The maximum absolute atomic E-state index is 13.4. The lowest BCUT2D eigenvalue weighted by atomic mass is 10.0. The molecule has 1 saturated heterocycles. The second-order valence-electron chi connectivity index (χ2n) is 8.26. The first-order valence-corrected chi connectivity index (χ1v) is 10.6. The van der Waals surface area contributed by atoms with E-state index in [0.29, 0.717) is 18.1 Å². The van der Waals surface area contributed by atoms with Crippen LogP contribution in [0.4, 0.5) is 4.39 Å². The average molecular weight is 392 g/mol. The average Bonchev–Trinajstić information content (AvgIpc) is 3.48. The number of halogens is 1. The number of likely N-dealkylation sites (tertiary alicyclic amines) is 1. The molecule has 5 rings (SSSR count). The SMILES string of the molecule is O=C(CC1CCCC1)N1CCCC1c1ccnc2ncc(-c3ccc(F)cc3)n12. The van der Waals surface area contributed by atoms with Gasteiger partial charge in [-0.1, -0.05) is 12.8 Å². The molecule has 29 heavy (non-hydrogen) atoms. The second-order valence-corrected chi connectivity index (χ2v) is 8.26. The van der Waals surface area contributed by atoms with Gasteiger partial charge in [0.1, 0.15) is 5.82 Å². The van der Waals surface area contributed by atoms with Crippen molar-refractivity contribution in [3.8, 4) is 11.3 Å². The highest BCUT2D eigenvalue weighted by molar-refractivity contribution is 5.77. The Labute approximate surface area is 169 Å². The normalized spacial score (nSPS) is 20.0. The standard InChI is InChI=1S/C23H25FN4O/c24-18-9-7-17(8-10-18)21-15-26-23-25-12-11-20(28(21)23)19-6-3-13-27(19)22(29)14-16-4-1-2-5-16/h7-12,15-16,19H,1-6,13-14H2. The lowest BCUT2D eigenvalue weighted by Crippen LogP contribution is -2.32. The van der Waals surface area contributed by atoms with E-state index in [4.69, 9.17) is 0 Å². The molecule has 1 saturated carbocycles. The monoisotopic (exact) mass is 392 g/mol. The van der Waals surface area contributed by atoms with Crippen molar-refractivity contribution in [2.24, 2.45) is 5.92 Å². The highest BCUT2D eigenvalue weighted by Gasteiger charge is 2.33. The summed E-state index contributed by atoms with van der Waals surface area (Å²) < 4.78 is 15.4.